The Bertz CT molecular complexity index is 1570. The van der Waals surface area contributed by atoms with E-state index in [4.69, 9.17) is 38.0 Å². The van der Waals surface area contributed by atoms with Gasteiger partial charge in [0.2, 0.25) is 11.1 Å². The molecule has 3 aromatic carbocycles. The minimum Gasteiger partial charge on any atom is -0.488 e. The molecule has 1 aliphatic heterocycles. The molecule has 1 amide bonds. The lowest BCUT2D eigenvalue weighted by Gasteiger charge is -2.29. The first-order chi connectivity index (χ1) is 19.3. The van der Waals surface area contributed by atoms with Crippen molar-refractivity contribution in [2.75, 3.05) is 16.4 Å². The van der Waals surface area contributed by atoms with Gasteiger partial charge in [0, 0.05) is 38.3 Å². The second-order valence-electron chi connectivity index (χ2n) is 9.46. The molecule has 7 nitrogen and oxygen atoms in total. The van der Waals surface area contributed by atoms with Crippen LogP contribution in [0.3, 0.4) is 0 Å². The Morgan fingerprint density at radius 3 is 2.62 bits per heavy atom. The first-order valence-electron chi connectivity index (χ1n) is 12.9. The zero-order valence-electron chi connectivity index (χ0n) is 22.4. The molecule has 2 heterocycles. The van der Waals surface area contributed by atoms with Gasteiger partial charge in [0.25, 0.3) is 5.91 Å². The third-order valence-electron chi connectivity index (χ3n) is 6.43. The van der Waals surface area contributed by atoms with Gasteiger partial charge in [-0.25, -0.2) is 4.68 Å². The van der Waals surface area contributed by atoms with E-state index in [1.54, 1.807) is 28.6 Å². The number of anilines is 2. The van der Waals surface area contributed by atoms with Crippen LogP contribution in [0.25, 0.3) is 0 Å². The maximum absolute atomic E-state index is 13.9. The molecule has 0 aliphatic carbocycles. The number of nitrogens with zero attached hydrogens (tertiary/aromatic N) is 3. The Labute approximate surface area is 247 Å². The van der Waals surface area contributed by atoms with E-state index in [9.17, 15) is 4.79 Å². The largest absolute Gasteiger partial charge is 0.488 e. The molecular weight excluding hydrogens is 565 g/mol. The summed E-state index contributed by atoms with van der Waals surface area (Å²) >= 11 is 14.1. The molecule has 1 aliphatic rings. The van der Waals surface area contributed by atoms with Gasteiger partial charge in [-0.3, -0.25) is 4.79 Å². The van der Waals surface area contributed by atoms with Gasteiger partial charge in [-0.2, -0.15) is 4.98 Å². The van der Waals surface area contributed by atoms with Crippen LogP contribution in [0.15, 0.2) is 83.2 Å². The fourth-order valence-corrected chi connectivity index (χ4v) is 5.58. The van der Waals surface area contributed by atoms with Crippen molar-refractivity contribution in [2.24, 2.45) is 0 Å². The number of halogens is 2. The zero-order valence-corrected chi connectivity index (χ0v) is 24.7. The predicted octanol–water partition coefficient (Wildman–Crippen LogP) is 7.90. The fourth-order valence-electron chi connectivity index (χ4n) is 4.44. The van der Waals surface area contributed by atoms with E-state index < -0.39 is 6.04 Å². The topological polar surface area (TPSA) is 81.1 Å². The summed E-state index contributed by atoms with van der Waals surface area (Å²) in [5.41, 5.74) is 4.61. The van der Waals surface area contributed by atoms with Gasteiger partial charge in [-0.1, -0.05) is 83.8 Å². The highest BCUT2D eigenvalue weighted by Crippen LogP contribution is 2.40. The number of amides is 1. The van der Waals surface area contributed by atoms with Crippen LogP contribution in [0.1, 0.15) is 43.0 Å². The van der Waals surface area contributed by atoms with Crippen molar-refractivity contribution in [2.45, 2.75) is 45.0 Å². The van der Waals surface area contributed by atoms with Crippen LogP contribution >= 0.6 is 35.0 Å². The number of benzene rings is 3. The molecule has 1 aromatic heterocycles. The number of hydrogen-bond acceptors (Lipinski definition) is 6. The Morgan fingerprint density at radius 1 is 1.10 bits per heavy atom. The van der Waals surface area contributed by atoms with Crippen molar-refractivity contribution in [3.63, 3.8) is 0 Å². The van der Waals surface area contributed by atoms with Crippen LogP contribution in [0.4, 0.5) is 11.6 Å². The molecule has 10 heteroatoms. The molecule has 40 heavy (non-hydrogen) atoms. The van der Waals surface area contributed by atoms with Gasteiger partial charge < -0.3 is 15.4 Å². The summed E-state index contributed by atoms with van der Waals surface area (Å²) in [6.07, 6.45) is 0.997. The second kappa shape index (κ2) is 12.4. The van der Waals surface area contributed by atoms with Gasteiger partial charge in [0.15, 0.2) is 0 Å². The molecule has 0 saturated heterocycles. The van der Waals surface area contributed by atoms with Crippen LogP contribution < -0.4 is 15.4 Å². The van der Waals surface area contributed by atoms with E-state index in [0.717, 1.165) is 28.9 Å². The predicted molar refractivity (Wildman–Crippen MR) is 163 cm³/mol. The molecule has 0 saturated carbocycles. The van der Waals surface area contributed by atoms with Gasteiger partial charge in [0.1, 0.15) is 18.4 Å². The average molecular weight is 595 g/mol. The van der Waals surface area contributed by atoms with E-state index in [-0.39, 0.29) is 12.5 Å². The van der Waals surface area contributed by atoms with Gasteiger partial charge >= 0.3 is 0 Å². The van der Waals surface area contributed by atoms with Crippen molar-refractivity contribution in [1.82, 2.24) is 14.8 Å². The third kappa shape index (κ3) is 6.14. The Balaban J connectivity index is 1.54. The summed E-state index contributed by atoms with van der Waals surface area (Å²) in [5, 5.41) is 12.9. The van der Waals surface area contributed by atoms with Crippen LogP contribution in [-0.2, 0) is 11.4 Å². The number of thioether (sulfide) groups is 1. The quantitative estimate of drug-likeness (QED) is 0.192. The SMILES string of the molecule is CCCSc1nc2n(n1)C(c1ccccc1OCc1ccc(Cl)cc1Cl)C(C(=O)Nc1ccc(C)cc1)=C(C)N2. The lowest BCUT2D eigenvalue weighted by atomic mass is 9.94. The Kier molecular flexibility index (Phi) is 8.69. The van der Waals surface area contributed by atoms with Crippen molar-refractivity contribution >= 4 is 52.5 Å². The summed E-state index contributed by atoms with van der Waals surface area (Å²) in [5.74, 6) is 1.84. The third-order valence-corrected chi connectivity index (χ3v) is 8.06. The minimum absolute atomic E-state index is 0.230. The van der Waals surface area contributed by atoms with E-state index >= 15 is 0 Å². The molecular formula is C30H29Cl2N5O2S. The summed E-state index contributed by atoms with van der Waals surface area (Å²) in [6, 6.07) is 20.1. The molecule has 0 spiro atoms. The average Bonchev–Trinajstić information content (AvgIpc) is 3.34. The Morgan fingerprint density at radius 2 is 1.88 bits per heavy atom. The van der Waals surface area contributed by atoms with Crippen molar-refractivity contribution in [3.05, 3.63) is 105 Å². The van der Waals surface area contributed by atoms with Crippen molar-refractivity contribution < 1.29 is 9.53 Å². The van der Waals surface area contributed by atoms with Gasteiger partial charge in [-0.15, -0.1) is 5.10 Å². The summed E-state index contributed by atoms with van der Waals surface area (Å²) in [6.45, 7) is 6.23. The van der Waals surface area contributed by atoms with Gasteiger partial charge in [-0.05, 0) is 50.6 Å². The smallest absolute Gasteiger partial charge is 0.255 e. The molecule has 206 valence electrons. The first-order valence-corrected chi connectivity index (χ1v) is 14.7. The number of rotatable bonds is 9. The number of carbonyl (C=O) groups excluding carboxylic acids is 1. The number of hydrogen-bond donors (Lipinski definition) is 2. The van der Waals surface area contributed by atoms with Crippen LogP contribution in [0.5, 0.6) is 5.75 Å². The highest BCUT2D eigenvalue weighted by molar-refractivity contribution is 7.99. The molecule has 0 radical (unpaired) electrons. The zero-order chi connectivity index (χ0) is 28.2. The number of para-hydroxylation sites is 1. The minimum atomic E-state index is -0.581. The lowest BCUT2D eigenvalue weighted by Crippen LogP contribution is -2.31. The molecule has 0 fully saturated rings. The molecule has 1 atom stereocenters. The van der Waals surface area contributed by atoms with E-state index in [1.165, 1.54) is 0 Å². The number of aromatic nitrogens is 3. The highest BCUT2D eigenvalue weighted by atomic mass is 35.5. The van der Waals surface area contributed by atoms with E-state index in [2.05, 4.69) is 17.6 Å². The van der Waals surface area contributed by atoms with Crippen LogP contribution in [0.2, 0.25) is 10.0 Å². The van der Waals surface area contributed by atoms with Crippen molar-refractivity contribution in [1.29, 1.82) is 0 Å². The monoisotopic (exact) mass is 593 g/mol. The number of ether oxygens (including phenoxy) is 1. The standard InChI is InChI=1S/C30H29Cl2N5O2S/c1-4-15-40-30-35-29-33-19(3)26(28(38)34-22-13-9-18(2)10-14-22)27(37(29)36-30)23-7-5-6-8-25(23)39-17-20-11-12-21(31)16-24(20)32/h5-14,16,27H,4,15,17H2,1-3H3,(H,34,38)(H,33,35,36). The number of carbonyl (C=O) groups is 1. The normalized spacial score (nSPS) is 14.5. The molecule has 5 rings (SSSR count). The Hall–Kier alpha value is -3.46. The van der Waals surface area contributed by atoms with E-state index in [1.807, 2.05) is 68.4 Å². The van der Waals surface area contributed by atoms with E-state index in [0.29, 0.717) is 43.9 Å². The lowest BCUT2D eigenvalue weighted by molar-refractivity contribution is -0.113. The second-order valence-corrected chi connectivity index (χ2v) is 11.4. The maximum atomic E-state index is 13.9. The molecule has 4 aromatic rings. The number of fused-ring (bicyclic) bond motifs is 1. The van der Waals surface area contributed by atoms with Crippen LogP contribution in [0, 0.1) is 6.92 Å². The van der Waals surface area contributed by atoms with Gasteiger partial charge in [0.05, 0.1) is 5.57 Å². The van der Waals surface area contributed by atoms with Crippen molar-refractivity contribution in [3.8, 4) is 5.75 Å². The number of nitrogens with one attached hydrogen (secondary N) is 2. The maximum Gasteiger partial charge on any atom is 0.255 e. The molecule has 2 N–H and O–H groups in total. The summed E-state index contributed by atoms with van der Waals surface area (Å²) in [4.78, 5) is 18.6. The van der Waals surface area contributed by atoms with Crippen LogP contribution in [-0.4, -0.2) is 26.4 Å². The summed E-state index contributed by atoms with van der Waals surface area (Å²) in [7, 11) is 0. The first kappa shape index (κ1) is 28.1. The number of allylic oxidation sites excluding steroid dienone is 1. The molecule has 0 bridgehead atoms. The summed E-state index contributed by atoms with van der Waals surface area (Å²) < 4.78 is 8.08. The highest BCUT2D eigenvalue weighted by Gasteiger charge is 2.36. The molecule has 1 unspecified atom stereocenters. The fraction of sp³-hybridized carbons (Fsp3) is 0.233. The number of aryl methyl sites for hydroxylation is 1.